The number of aryl methyl sites for hydroxylation is 1. The Hall–Kier alpha value is -2.15. The molecule has 0 saturated heterocycles. The molecule has 0 atom stereocenters. The molecule has 108 valence electrons. The van der Waals surface area contributed by atoms with Crippen LogP contribution in [0.4, 0.5) is 0 Å². The van der Waals surface area contributed by atoms with Gasteiger partial charge in [-0.25, -0.2) is 0 Å². The molecule has 7 nitrogen and oxygen atoms in total. The van der Waals surface area contributed by atoms with Gasteiger partial charge >= 0.3 is 0 Å². The van der Waals surface area contributed by atoms with Crippen LogP contribution in [0.15, 0.2) is 27.3 Å². The van der Waals surface area contributed by atoms with Gasteiger partial charge in [0.05, 0.1) is 6.26 Å². The molecule has 2 aromatic heterocycles. The highest BCUT2D eigenvalue weighted by Crippen LogP contribution is 2.16. The van der Waals surface area contributed by atoms with Gasteiger partial charge in [0.2, 0.25) is 17.6 Å². The number of nitrogens with one attached hydrogen (secondary N) is 2. The molecule has 2 aromatic rings. The fourth-order valence-electron chi connectivity index (χ4n) is 1.66. The van der Waals surface area contributed by atoms with Gasteiger partial charge in [0, 0.05) is 19.4 Å². The van der Waals surface area contributed by atoms with Gasteiger partial charge < -0.3 is 19.6 Å². The lowest BCUT2D eigenvalue weighted by atomic mass is 10.3. The molecule has 2 heterocycles. The second kappa shape index (κ2) is 7.44. The predicted molar refractivity (Wildman–Crippen MR) is 71.9 cm³/mol. The van der Waals surface area contributed by atoms with Crippen molar-refractivity contribution < 1.29 is 13.7 Å². The fraction of sp³-hybridized carbons (Fsp3) is 0.462. The number of hydrogen-bond donors (Lipinski definition) is 2. The maximum atomic E-state index is 11.6. The third-order valence-electron chi connectivity index (χ3n) is 2.70. The monoisotopic (exact) mass is 278 g/mol. The van der Waals surface area contributed by atoms with Crippen LogP contribution in [0.1, 0.15) is 18.7 Å². The van der Waals surface area contributed by atoms with E-state index in [-0.39, 0.29) is 5.91 Å². The highest BCUT2D eigenvalue weighted by molar-refractivity contribution is 5.75. The molecule has 0 aliphatic carbocycles. The largest absolute Gasteiger partial charge is 0.461 e. The Kier molecular flexibility index (Phi) is 5.31. The summed E-state index contributed by atoms with van der Waals surface area (Å²) >= 11 is 0. The molecule has 0 spiro atoms. The average Bonchev–Trinajstić information content (AvgIpc) is 3.11. The quantitative estimate of drug-likeness (QED) is 0.699. The number of rotatable bonds is 8. The number of carbonyl (C=O) groups is 1. The van der Waals surface area contributed by atoms with Gasteiger partial charge in [-0.05, 0) is 32.1 Å². The molecule has 2 N–H and O–H groups in total. The van der Waals surface area contributed by atoms with Gasteiger partial charge in [-0.3, -0.25) is 4.79 Å². The minimum atomic E-state index is -0.0150. The van der Waals surface area contributed by atoms with Crippen molar-refractivity contribution in [3.63, 3.8) is 0 Å². The molecule has 0 unspecified atom stereocenters. The van der Waals surface area contributed by atoms with E-state index in [2.05, 4.69) is 20.8 Å². The molecule has 0 aliphatic heterocycles. The third-order valence-corrected chi connectivity index (χ3v) is 2.70. The van der Waals surface area contributed by atoms with E-state index in [1.54, 1.807) is 18.4 Å². The summed E-state index contributed by atoms with van der Waals surface area (Å²) in [5, 5.41) is 9.66. The van der Waals surface area contributed by atoms with E-state index in [0.717, 1.165) is 13.0 Å². The Morgan fingerprint density at radius 3 is 3.05 bits per heavy atom. The zero-order valence-corrected chi connectivity index (χ0v) is 11.4. The molecule has 0 fully saturated rings. The molecule has 2 rings (SSSR count). The molecule has 7 heteroatoms. The minimum absolute atomic E-state index is 0.0150. The average molecular weight is 278 g/mol. The Morgan fingerprint density at radius 2 is 2.30 bits per heavy atom. The first kappa shape index (κ1) is 14.3. The van der Waals surface area contributed by atoms with Crippen molar-refractivity contribution in [1.29, 1.82) is 0 Å². The van der Waals surface area contributed by atoms with E-state index >= 15 is 0 Å². The molecule has 0 bridgehead atoms. The predicted octanol–water partition coefficient (Wildman–Crippen LogP) is 0.988. The second-order valence-corrected chi connectivity index (χ2v) is 4.30. The smallest absolute Gasteiger partial charge is 0.238 e. The highest BCUT2D eigenvalue weighted by atomic mass is 16.5. The van der Waals surface area contributed by atoms with Gasteiger partial charge in [0.25, 0.3) is 0 Å². The second-order valence-electron chi connectivity index (χ2n) is 4.30. The van der Waals surface area contributed by atoms with Crippen LogP contribution in [-0.4, -0.2) is 36.2 Å². The molecule has 1 amide bonds. The molecule has 20 heavy (non-hydrogen) atoms. The van der Waals surface area contributed by atoms with Crippen LogP contribution >= 0.6 is 0 Å². The standard InChI is InChI=1S/C13H18N4O3/c1-14-7-3-8-15-11(18)5-6-12-16-13(17-20-12)10-4-2-9-19-10/h2,4,9,14H,3,5-8H2,1H3,(H,15,18). The summed E-state index contributed by atoms with van der Waals surface area (Å²) in [6.45, 7) is 1.55. The van der Waals surface area contributed by atoms with Gasteiger partial charge in [-0.15, -0.1) is 0 Å². The van der Waals surface area contributed by atoms with E-state index in [1.807, 2.05) is 7.05 Å². The first-order valence-electron chi connectivity index (χ1n) is 6.57. The van der Waals surface area contributed by atoms with Crippen LogP contribution in [-0.2, 0) is 11.2 Å². The maximum Gasteiger partial charge on any atom is 0.238 e. The van der Waals surface area contributed by atoms with Crippen molar-refractivity contribution in [2.75, 3.05) is 20.1 Å². The molecular weight excluding hydrogens is 260 g/mol. The Balaban J connectivity index is 1.73. The molecule has 0 aliphatic rings. The van der Waals surface area contributed by atoms with Crippen LogP contribution in [0, 0.1) is 0 Å². The molecule has 0 aromatic carbocycles. The van der Waals surface area contributed by atoms with E-state index in [4.69, 9.17) is 8.94 Å². The van der Waals surface area contributed by atoms with Crippen molar-refractivity contribution in [1.82, 2.24) is 20.8 Å². The van der Waals surface area contributed by atoms with Crippen LogP contribution < -0.4 is 10.6 Å². The fourth-order valence-corrected chi connectivity index (χ4v) is 1.66. The minimum Gasteiger partial charge on any atom is -0.461 e. The SMILES string of the molecule is CNCCCNC(=O)CCc1nc(-c2ccco2)no1. The van der Waals surface area contributed by atoms with E-state index in [9.17, 15) is 4.79 Å². The number of carbonyl (C=O) groups excluding carboxylic acids is 1. The highest BCUT2D eigenvalue weighted by Gasteiger charge is 2.11. The lowest BCUT2D eigenvalue weighted by Crippen LogP contribution is -2.26. The van der Waals surface area contributed by atoms with Gasteiger partial charge in [0.15, 0.2) is 5.76 Å². The molecule has 0 saturated carbocycles. The number of furan rings is 1. The summed E-state index contributed by atoms with van der Waals surface area (Å²) in [7, 11) is 1.88. The number of nitrogens with zero attached hydrogens (tertiary/aromatic N) is 2. The first-order valence-corrected chi connectivity index (χ1v) is 6.57. The number of amides is 1. The van der Waals surface area contributed by atoms with Crippen molar-refractivity contribution in [3.8, 4) is 11.6 Å². The summed E-state index contributed by atoms with van der Waals surface area (Å²) in [6, 6.07) is 3.51. The van der Waals surface area contributed by atoms with Crippen molar-refractivity contribution in [2.45, 2.75) is 19.3 Å². The first-order chi connectivity index (χ1) is 9.79. The van der Waals surface area contributed by atoms with Crippen molar-refractivity contribution in [3.05, 3.63) is 24.3 Å². The summed E-state index contributed by atoms with van der Waals surface area (Å²) in [5.74, 6) is 1.37. The van der Waals surface area contributed by atoms with Crippen LogP contribution in [0.3, 0.4) is 0 Å². The lowest BCUT2D eigenvalue weighted by Gasteiger charge is -2.03. The summed E-state index contributed by atoms with van der Waals surface area (Å²) in [4.78, 5) is 15.7. The molecule has 0 radical (unpaired) electrons. The third kappa shape index (κ3) is 4.20. The van der Waals surface area contributed by atoms with Crippen LogP contribution in [0.5, 0.6) is 0 Å². The number of aromatic nitrogens is 2. The lowest BCUT2D eigenvalue weighted by molar-refractivity contribution is -0.121. The normalized spacial score (nSPS) is 10.7. The Labute approximate surface area is 116 Å². The Morgan fingerprint density at radius 1 is 1.40 bits per heavy atom. The Bertz CT molecular complexity index is 521. The van der Waals surface area contributed by atoms with E-state index < -0.39 is 0 Å². The van der Waals surface area contributed by atoms with Gasteiger partial charge in [-0.1, -0.05) is 5.16 Å². The maximum absolute atomic E-state index is 11.6. The van der Waals surface area contributed by atoms with E-state index in [1.165, 1.54) is 0 Å². The topological polar surface area (TPSA) is 93.2 Å². The van der Waals surface area contributed by atoms with Crippen molar-refractivity contribution in [2.24, 2.45) is 0 Å². The van der Waals surface area contributed by atoms with Gasteiger partial charge in [-0.2, -0.15) is 4.98 Å². The van der Waals surface area contributed by atoms with Gasteiger partial charge in [0.1, 0.15) is 0 Å². The summed E-state index contributed by atoms with van der Waals surface area (Å²) in [6.07, 6.45) is 3.21. The number of hydrogen-bond acceptors (Lipinski definition) is 6. The van der Waals surface area contributed by atoms with Crippen molar-refractivity contribution >= 4 is 5.91 Å². The summed E-state index contributed by atoms with van der Waals surface area (Å²) in [5.41, 5.74) is 0. The zero-order chi connectivity index (χ0) is 14.2. The zero-order valence-electron chi connectivity index (χ0n) is 11.4. The van der Waals surface area contributed by atoms with Crippen LogP contribution in [0.2, 0.25) is 0 Å². The van der Waals surface area contributed by atoms with Crippen LogP contribution in [0.25, 0.3) is 11.6 Å². The van der Waals surface area contributed by atoms with E-state index in [0.29, 0.717) is 36.9 Å². The summed E-state index contributed by atoms with van der Waals surface area (Å²) < 4.78 is 10.2. The molecular formula is C13H18N4O3.